The molecule has 3 rings (SSSR count). The minimum absolute atomic E-state index is 0.00285. The topological polar surface area (TPSA) is 49.9 Å². The van der Waals surface area contributed by atoms with Gasteiger partial charge in [-0.15, -0.1) is 11.3 Å². The summed E-state index contributed by atoms with van der Waals surface area (Å²) in [5.41, 5.74) is 0.865. The molecule has 0 saturated carbocycles. The van der Waals surface area contributed by atoms with Gasteiger partial charge in [-0.25, -0.2) is 4.39 Å². The van der Waals surface area contributed by atoms with Crippen molar-refractivity contribution in [1.82, 2.24) is 9.80 Å². The summed E-state index contributed by atoms with van der Waals surface area (Å²) in [4.78, 5) is 31.5. The Kier molecular flexibility index (Phi) is 15.3. The SMILES string of the molecule is CCCCCCCCCCCCCC(=O)N(CC(=O)N(Cc1ccc(F)cc1)Cc1cccs1)CC1CCCO1. The number of halogens is 1. The molecule has 1 aromatic heterocycles. The number of ether oxygens (including phenoxy) is 1. The van der Waals surface area contributed by atoms with E-state index in [0.29, 0.717) is 32.7 Å². The normalized spacial score (nSPS) is 14.9. The monoisotopic (exact) mass is 572 g/mol. The number of benzene rings is 1. The molecular weight excluding hydrogens is 523 g/mol. The number of rotatable bonds is 20. The maximum Gasteiger partial charge on any atom is 0.242 e. The molecule has 1 aliphatic rings. The lowest BCUT2D eigenvalue weighted by molar-refractivity contribution is -0.142. The van der Waals surface area contributed by atoms with E-state index < -0.39 is 0 Å². The molecule has 0 bridgehead atoms. The first-order valence-corrected chi connectivity index (χ1v) is 16.4. The van der Waals surface area contributed by atoms with Crippen molar-refractivity contribution in [3.05, 3.63) is 58.0 Å². The second-order valence-corrected chi connectivity index (χ2v) is 12.2. The number of carbonyl (C=O) groups is 2. The Bertz CT molecular complexity index is 961. The van der Waals surface area contributed by atoms with Gasteiger partial charge >= 0.3 is 0 Å². The maximum absolute atomic E-state index is 13.6. The van der Waals surface area contributed by atoms with E-state index in [2.05, 4.69) is 6.92 Å². The molecule has 2 heterocycles. The molecule has 0 aliphatic carbocycles. The van der Waals surface area contributed by atoms with Crippen molar-refractivity contribution in [3.63, 3.8) is 0 Å². The minimum Gasteiger partial charge on any atom is -0.376 e. The molecule has 222 valence electrons. The summed E-state index contributed by atoms with van der Waals surface area (Å²) in [5.74, 6) is -0.351. The first kappa shape index (κ1) is 32.3. The van der Waals surface area contributed by atoms with Crippen LogP contribution in [-0.2, 0) is 27.4 Å². The Labute approximate surface area is 245 Å². The zero-order chi connectivity index (χ0) is 28.4. The molecule has 1 aliphatic heterocycles. The van der Waals surface area contributed by atoms with Crippen molar-refractivity contribution in [2.24, 2.45) is 0 Å². The average Bonchev–Trinajstić information content (AvgIpc) is 3.67. The van der Waals surface area contributed by atoms with Crippen LogP contribution in [0.2, 0.25) is 0 Å². The third kappa shape index (κ3) is 12.5. The number of thiophene rings is 1. The van der Waals surface area contributed by atoms with E-state index in [1.54, 1.807) is 33.3 Å². The number of carbonyl (C=O) groups excluding carboxylic acids is 2. The smallest absolute Gasteiger partial charge is 0.242 e. The number of unbranched alkanes of at least 4 members (excludes halogenated alkanes) is 10. The van der Waals surface area contributed by atoms with E-state index in [9.17, 15) is 14.0 Å². The van der Waals surface area contributed by atoms with Crippen molar-refractivity contribution in [2.45, 2.75) is 116 Å². The van der Waals surface area contributed by atoms with Crippen LogP contribution in [0.1, 0.15) is 107 Å². The van der Waals surface area contributed by atoms with E-state index >= 15 is 0 Å². The largest absolute Gasteiger partial charge is 0.376 e. The molecule has 5 nitrogen and oxygen atoms in total. The van der Waals surface area contributed by atoms with Crippen LogP contribution in [0.3, 0.4) is 0 Å². The molecule has 1 unspecified atom stereocenters. The predicted octanol–water partition coefficient (Wildman–Crippen LogP) is 8.12. The van der Waals surface area contributed by atoms with Gasteiger partial charge < -0.3 is 14.5 Å². The van der Waals surface area contributed by atoms with Gasteiger partial charge in [0.25, 0.3) is 0 Å². The van der Waals surface area contributed by atoms with Gasteiger partial charge in [0.2, 0.25) is 11.8 Å². The van der Waals surface area contributed by atoms with Crippen molar-refractivity contribution in [1.29, 1.82) is 0 Å². The Morgan fingerprint density at radius 2 is 1.55 bits per heavy atom. The summed E-state index contributed by atoms with van der Waals surface area (Å²) < 4.78 is 19.3. The zero-order valence-corrected chi connectivity index (χ0v) is 25.3. The van der Waals surface area contributed by atoms with Crippen LogP contribution in [0.25, 0.3) is 0 Å². The van der Waals surface area contributed by atoms with Crippen molar-refractivity contribution < 1.29 is 18.7 Å². The zero-order valence-electron chi connectivity index (χ0n) is 24.5. The predicted molar refractivity (Wildman–Crippen MR) is 162 cm³/mol. The molecule has 1 fully saturated rings. The first-order chi connectivity index (χ1) is 19.5. The van der Waals surface area contributed by atoms with Gasteiger partial charge in [-0.1, -0.05) is 89.3 Å². The third-order valence-electron chi connectivity index (χ3n) is 7.69. The molecule has 0 radical (unpaired) electrons. The Morgan fingerprint density at radius 3 is 2.15 bits per heavy atom. The van der Waals surface area contributed by atoms with Gasteiger partial charge in [-0.2, -0.15) is 0 Å². The molecule has 2 amide bonds. The second-order valence-electron chi connectivity index (χ2n) is 11.2. The fourth-order valence-electron chi connectivity index (χ4n) is 5.28. The lowest BCUT2D eigenvalue weighted by Crippen LogP contribution is -2.45. The van der Waals surface area contributed by atoms with E-state index in [1.165, 1.54) is 69.9 Å². The van der Waals surface area contributed by atoms with Crippen LogP contribution < -0.4 is 0 Å². The standard InChI is InChI=1S/C33H49FN2O3S/c1-2-3-4-5-6-7-8-9-10-11-12-17-32(37)36(25-30-15-13-22-39-30)27-33(38)35(26-31-16-14-23-40-31)24-28-18-20-29(34)21-19-28/h14,16,18-21,23,30H,2-13,15,17,22,24-27H2,1H3. The fourth-order valence-corrected chi connectivity index (χ4v) is 6.00. The van der Waals surface area contributed by atoms with Crippen LogP contribution in [0.4, 0.5) is 4.39 Å². The summed E-state index contributed by atoms with van der Waals surface area (Å²) >= 11 is 1.60. The van der Waals surface area contributed by atoms with Gasteiger partial charge in [-0.3, -0.25) is 9.59 Å². The molecule has 0 spiro atoms. The van der Waals surface area contributed by atoms with Crippen LogP contribution >= 0.6 is 11.3 Å². The minimum atomic E-state index is -0.296. The first-order valence-electron chi connectivity index (χ1n) is 15.5. The Morgan fingerprint density at radius 1 is 0.875 bits per heavy atom. The Hall–Kier alpha value is -2.25. The highest BCUT2D eigenvalue weighted by Crippen LogP contribution is 2.19. The number of hydrogen-bond acceptors (Lipinski definition) is 4. The van der Waals surface area contributed by atoms with E-state index in [4.69, 9.17) is 4.74 Å². The lowest BCUT2D eigenvalue weighted by atomic mass is 10.0. The van der Waals surface area contributed by atoms with Crippen molar-refractivity contribution in [3.8, 4) is 0 Å². The third-order valence-corrected chi connectivity index (χ3v) is 8.55. The molecule has 1 atom stereocenters. The molecule has 7 heteroatoms. The lowest BCUT2D eigenvalue weighted by Gasteiger charge is -2.29. The summed E-state index contributed by atoms with van der Waals surface area (Å²) in [7, 11) is 0. The highest BCUT2D eigenvalue weighted by molar-refractivity contribution is 7.09. The summed E-state index contributed by atoms with van der Waals surface area (Å²) in [6.45, 7) is 4.32. The second kappa shape index (κ2) is 19.0. The van der Waals surface area contributed by atoms with Gasteiger partial charge in [0.1, 0.15) is 5.82 Å². The molecule has 0 N–H and O–H groups in total. The molecule has 1 saturated heterocycles. The van der Waals surface area contributed by atoms with Gasteiger partial charge in [0.15, 0.2) is 0 Å². The fraction of sp³-hybridized carbons (Fsp3) is 0.636. The van der Waals surface area contributed by atoms with Crippen LogP contribution in [-0.4, -0.2) is 47.4 Å². The average molecular weight is 573 g/mol. The van der Waals surface area contributed by atoms with Gasteiger partial charge in [0.05, 0.1) is 19.2 Å². The number of nitrogens with zero attached hydrogens (tertiary/aromatic N) is 2. The van der Waals surface area contributed by atoms with Gasteiger partial charge in [-0.05, 0) is 48.4 Å². The highest BCUT2D eigenvalue weighted by Gasteiger charge is 2.26. The molecule has 1 aromatic carbocycles. The number of hydrogen-bond donors (Lipinski definition) is 0. The van der Waals surface area contributed by atoms with Gasteiger partial charge in [0, 0.05) is 31.0 Å². The molecular formula is C33H49FN2O3S. The molecule has 40 heavy (non-hydrogen) atoms. The highest BCUT2D eigenvalue weighted by atomic mass is 32.1. The maximum atomic E-state index is 13.6. The van der Waals surface area contributed by atoms with Crippen LogP contribution in [0, 0.1) is 5.82 Å². The molecule has 2 aromatic rings. The quantitative estimate of drug-likeness (QED) is 0.151. The Balaban J connectivity index is 1.50. The van der Waals surface area contributed by atoms with Crippen molar-refractivity contribution in [2.75, 3.05) is 19.7 Å². The van der Waals surface area contributed by atoms with Crippen molar-refractivity contribution >= 4 is 23.2 Å². The number of amides is 2. The van der Waals surface area contributed by atoms with E-state index in [0.717, 1.165) is 36.1 Å². The van der Waals surface area contributed by atoms with Crippen LogP contribution in [0.15, 0.2) is 41.8 Å². The van der Waals surface area contributed by atoms with E-state index in [1.807, 2.05) is 17.5 Å². The van der Waals surface area contributed by atoms with E-state index in [-0.39, 0.29) is 30.3 Å². The summed E-state index contributed by atoms with van der Waals surface area (Å²) in [5, 5.41) is 2.00. The summed E-state index contributed by atoms with van der Waals surface area (Å²) in [6, 6.07) is 10.3. The van der Waals surface area contributed by atoms with Crippen LogP contribution in [0.5, 0.6) is 0 Å². The summed E-state index contributed by atoms with van der Waals surface area (Å²) in [6.07, 6.45) is 16.0.